The van der Waals surface area contributed by atoms with E-state index in [0.717, 1.165) is 24.3 Å². The van der Waals surface area contributed by atoms with Gasteiger partial charge in [-0.1, -0.05) is 0 Å². The Kier molecular flexibility index (Phi) is 8.51. The number of carbonyl (C=O) groups excluding carboxylic acids is 2. The molecule has 0 fully saturated rings. The second-order valence-corrected chi connectivity index (χ2v) is 3.20. The maximum atomic E-state index is 10.9. The third-order valence-corrected chi connectivity index (χ3v) is 1.78. The Balaban J connectivity index is 4.21. The van der Waals surface area contributed by atoms with Crippen molar-refractivity contribution in [2.45, 2.75) is 26.1 Å². The van der Waals surface area contributed by atoms with Crippen molar-refractivity contribution in [3.05, 3.63) is 24.3 Å². The second kappa shape index (κ2) is 9.38. The van der Waals surface area contributed by atoms with Crippen LogP contribution in [0, 0.1) is 0 Å². The fourth-order valence-electron chi connectivity index (χ4n) is 0.963. The van der Waals surface area contributed by atoms with Crippen LogP contribution in [0.5, 0.6) is 0 Å². The highest BCUT2D eigenvalue weighted by molar-refractivity contribution is 5.82. The van der Waals surface area contributed by atoms with E-state index in [4.69, 9.17) is 0 Å². The molecule has 2 N–H and O–H groups in total. The summed E-state index contributed by atoms with van der Waals surface area (Å²) in [5.74, 6) is -1.23. The molecule has 0 heterocycles. The predicted molar refractivity (Wildman–Crippen MR) is 63.6 cm³/mol. The summed E-state index contributed by atoms with van der Waals surface area (Å²) >= 11 is 0. The van der Waals surface area contributed by atoms with Crippen LogP contribution in [0.2, 0.25) is 0 Å². The quantitative estimate of drug-likeness (QED) is 0.491. The van der Waals surface area contributed by atoms with Crippen molar-refractivity contribution >= 4 is 11.9 Å². The lowest BCUT2D eigenvalue weighted by atomic mass is 10.2. The van der Waals surface area contributed by atoms with Crippen molar-refractivity contribution in [1.29, 1.82) is 0 Å². The molecule has 0 aliphatic carbocycles. The van der Waals surface area contributed by atoms with Crippen LogP contribution in [0.3, 0.4) is 0 Å². The zero-order valence-corrected chi connectivity index (χ0v) is 10.4. The van der Waals surface area contributed by atoms with Gasteiger partial charge in [-0.05, 0) is 26.0 Å². The summed E-state index contributed by atoms with van der Waals surface area (Å²) in [6, 6.07) is 0. The number of aliphatic hydroxyl groups excluding tert-OH is 2. The first-order valence-electron chi connectivity index (χ1n) is 5.57. The fraction of sp³-hybridized carbons (Fsp3) is 0.500. The Morgan fingerprint density at radius 2 is 1.28 bits per heavy atom. The average Bonchev–Trinajstić information content (AvgIpc) is 2.33. The number of hydrogen-bond donors (Lipinski definition) is 2. The third kappa shape index (κ3) is 7.59. The van der Waals surface area contributed by atoms with E-state index in [2.05, 4.69) is 9.47 Å². The molecule has 102 valence electrons. The third-order valence-electron chi connectivity index (χ3n) is 1.78. The molecule has 0 aliphatic rings. The minimum atomic E-state index is -1.31. The fourth-order valence-corrected chi connectivity index (χ4v) is 0.963. The van der Waals surface area contributed by atoms with E-state index in [0.29, 0.717) is 0 Å². The summed E-state index contributed by atoms with van der Waals surface area (Å²) in [5.41, 5.74) is 0. The minimum absolute atomic E-state index is 0.227. The summed E-state index contributed by atoms with van der Waals surface area (Å²) < 4.78 is 9.18. The minimum Gasteiger partial charge on any atom is -0.463 e. The Labute approximate surface area is 106 Å². The summed E-state index contributed by atoms with van der Waals surface area (Å²) in [6.45, 7) is 3.76. The molecule has 0 radical (unpaired) electrons. The molecule has 0 saturated carbocycles. The van der Waals surface area contributed by atoms with Crippen LogP contribution in [0.25, 0.3) is 0 Å². The van der Waals surface area contributed by atoms with Crippen LogP contribution < -0.4 is 0 Å². The lowest BCUT2D eigenvalue weighted by molar-refractivity contribution is -0.138. The first kappa shape index (κ1) is 16.3. The Morgan fingerprint density at radius 3 is 1.56 bits per heavy atom. The molecular formula is C12H18O6. The van der Waals surface area contributed by atoms with Gasteiger partial charge in [0.25, 0.3) is 0 Å². The van der Waals surface area contributed by atoms with E-state index in [1.54, 1.807) is 13.8 Å². The normalized spacial score (nSPS) is 14.7. The van der Waals surface area contributed by atoms with Gasteiger partial charge < -0.3 is 19.7 Å². The van der Waals surface area contributed by atoms with Crippen molar-refractivity contribution in [1.82, 2.24) is 0 Å². The molecule has 2 atom stereocenters. The maximum absolute atomic E-state index is 10.9. The van der Waals surface area contributed by atoms with Gasteiger partial charge in [-0.25, -0.2) is 9.59 Å². The molecule has 18 heavy (non-hydrogen) atoms. The van der Waals surface area contributed by atoms with Crippen molar-refractivity contribution < 1.29 is 29.3 Å². The predicted octanol–water partition coefficient (Wildman–Crippen LogP) is -0.0532. The van der Waals surface area contributed by atoms with Gasteiger partial charge in [-0.3, -0.25) is 0 Å². The Morgan fingerprint density at radius 1 is 0.944 bits per heavy atom. The van der Waals surface area contributed by atoms with Gasteiger partial charge in [0.2, 0.25) is 0 Å². The molecule has 0 aliphatic heterocycles. The molecule has 0 aromatic heterocycles. The maximum Gasteiger partial charge on any atom is 0.330 e. The van der Waals surface area contributed by atoms with Gasteiger partial charge in [0.1, 0.15) is 12.2 Å². The van der Waals surface area contributed by atoms with Crippen molar-refractivity contribution in [3.8, 4) is 0 Å². The number of esters is 2. The molecule has 0 bridgehead atoms. The largest absolute Gasteiger partial charge is 0.463 e. The molecule has 0 aromatic carbocycles. The Hall–Kier alpha value is -1.66. The van der Waals surface area contributed by atoms with Crippen molar-refractivity contribution in [2.24, 2.45) is 0 Å². The molecule has 0 spiro atoms. The van der Waals surface area contributed by atoms with Crippen molar-refractivity contribution in [2.75, 3.05) is 13.2 Å². The average molecular weight is 258 g/mol. The van der Waals surface area contributed by atoms with Crippen LogP contribution in [0.1, 0.15) is 13.8 Å². The van der Waals surface area contributed by atoms with E-state index in [9.17, 15) is 19.8 Å². The summed E-state index contributed by atoms with van der Waals surface area (Å²) in [4.78, 5) is 21.9. The summed E-state index contributed by atoms with van der Waals surface area (Å²) in [6.07, 6.45) is 1.57. The van der Waals surface area contributed by atoms with E-state index >= 15 is 0 Å². The van der Waals surface area contributed by atoms with Gasteiger partial charge in [0.05, 0.1) is 13.2 Å². The first-order valence-corrected chi connectivity index (χ1v) is 5.57. The topological polar surface area (TPSA) is 93.1 Å². The Bertz CT molecular complexity index is 289. The number of hydrogen-bond acceptors (Lipinski definition) is 6. The highest BCUT2D eigenvalue weighted by Gasteiger charge is 2.10. The lowest BCUT2D eigenvalue weighted by Crippen LogP contribution is -2.22. The smallest absolute Gasteiger partial charge is 0.330 e. The lowest BCUT2D eigenvalue weighted by Gasteiger charge is -2.09. The van der Waals surface area contributed by atoms with Crippen LogP contribution in [0.4, 0.5) is 0 Å². The zero-order chi connectivity index (χ0) is 14.0. The molecular weight excluding hydrogens is 240 g/mol. The SMILES string of the molecule is CCOC(=O)/C=C/[C@@H](O)[C@H](O)/C=C/C(=O)OCC. The highest BCUT2D eigenvalue weighted by Crippen LogP contribution is 1.99. The summed E-state index contributed by atoms with van der Waals surface area (Å²) in [7, 11) is 0. The standard InChI is InChI=1S/C12H18O6/c1-3-17-11(15)7-5-9(13)10(14)6-8-12(16)18-4-2/h5-10,13-14H,3-4H2,1-2H3/b7-5+,8-6+/t9-,10-/m1/s1. The van der Waals surface area contributed by atoms with E-state index < -0.39 is 24.1 Å². The molecule has 0 amide bonds. The van der Waals surface area contributed by atoms with Gasteiger partial charge in [0, 0.05) is 12.2 Å². The van der Waals surface area contributed by atoms with Gasteiger partial charge in [-0.2, -0.15) is 0 Å². The van der Waals surface area contributed by atoms with Crippen LogP contribution >= 0.6 is 0 Å². The molecule has 6 heteroatoms. The number of aliphatic hydroxyl groups is 2. The molecule has 0 unspecified atom stereocenters. The van der Waals surface area contributed by atoms with Crippen LogP contribution in [0.15, 0.2) is 24.3 Å². The molecule has 0 rings (SSSR count). The highest BCUT2D eigenvalue weighted by atomic mass is 16.5. The van der Waals surface area contributed by atoms with E-state index in [-0.39, 0.29) is 13.2 Å². The molecule has 0 aromatic rings. The first-order chi connectivity index (χ1) is 8.51. The van der Waals surface area contributed by atoms with E-state index in [1.165, 1.54) is 0 Å². The molecule has 6 nitrogen and oxygen atoms in total. The summed E-state index contributed by atoms with van der Waals surface area (Å²) in [5, 5.41) is 18.9. The van der Waals surface area contributed by atoms with Crippen molar-refractivity contribution in [3.63, 3.8) is 0 Å². The second-order valence-electron chi connectivity index (χ2n) is 3.20. The zero-order valence-electron chi connectivity index (χ0n) is 10.4. The number of ether oxygens (including phenoxy) is 2. The van der Waals surface area contributed by atoms with E-state index in [1.807, 2.05) is 0 Å². The van der Waals surface area contributed by atoms with Gasteiger partial charge in [0.15, 0.2) is 0 Å². The van der Waals surface area contributed by atoms with Crippen LogP contribution in [-0.4, -0.2) is 47.6 Å². The number of rotatable bonds is 7. The monoisotopic (exact) mass is 258 g/mol. The molecule has 0 saturated heterocycles. The van der Waals surface area contributed by atoms with Gasteiger partial charge >= 0.3 is 11.9 Å². The number of carbonyl (C=O) groups is 2. The van der Waals surface area contributed by atoms with Gasteiger partial charge in [-0.15, -0.1) is 0 Å². The van der Waals surface area contributed by atoms with Crippen LogP contribution in [-0.2, 0) is 19.1 Å².